The third kappa shape index (κ3) is 3.46. The van der Waals surface area contributed by atoms with Crippen LogP contribution in [-0.4, -0.2) is 20.5 Å². The molecule has 0 unspecified atom stereocenters. The Hall–Kier alpha value is -1.49. The predicted molar refractivity (Wildman–Crippen MR) is 93.2 cm³/mol. The van der Waals surface area contributed by atoms with Gasteiger partial charge in [-0.15, -0.1) is 0 Å². The Bertz CT molecular complexity index is 636. The van der Waals surface area contributed by atoms with Gasteiger partial charge in [0, 0.05) is 19.0 Å². The zero-order chi connectivity index (χ0) is 15.4. The van der Waals surface area contributed by atoms with Crippen molar-refractivity contribution in [2.24, 2.45) is 7.05 Å². The lowest BCUT2D eigenvalue weighted by molar-refractivity contribution is 0.664. The minimum absolute atomic E-state index is 0.802. The highest BCUT2D eigenvalue weighted by Gasteiger charge is 2.18. The van der Waals surface area contributed by atoms with Crippen LogP contribution in [0.4, 0.5) is 5.82 Å². The first-order valence-corrected chi connectivity index (χ1v) is 9.23. The van der Waals surface area contributed by atoms with E-state index in [0.717, 1.165) is 30.3 Å². The van der Waals surface area contributed by atoms with Gasteiger partial charge in [-0.3, -0.25) is 4.68 Å². The van der Waals surface area contributed by atoms with Gasteiger partial charge in [0.15, 0.2) is 0 Å². The van der Waals surface area contributed by atoms with Crippen molar-refractivity contribution in [2.75, 3.05) is 11.1 Å². The number of pyridine rings is 1. The molecule has 1 N–H and O–H groups in total. The highest BCUT2D eigenvalue weighted by molar-refractivity contribution is 7.98. The van der Waals surface area contributed by atoms with Crippen LogP contribution in [-0.2, 0) is 32.2 Å². The van der Waals surface area contributed by atoms with E-state index in [9.17, 15) is 0 Å². The molecule has 118 valence electrons. The van der Waals surface area contributed by atoms with Crippen molar-refractivity contribution in [3.63, 3.8) is 0 Å². The number of hydrogen-bond acceptors (Lipinski definition) is 4. The predicted octanol–water partition coefficient (Wildman–Crippen LogP) is 3.56. The van der Waals surface area contributed by atoms with Crippen LogP contribution in [0.2, 0.25) is 0 Å². The quantitative estimate of drug-likeness (QED) is 0.885. The molecule has 0 saturated carbocycles. The van der Waals surface area contributed by atoms with Crippen molar-refractivity contribution in [2.45, 2.75) is 44.9 Å². The van der Waals surface area contributed by atoms with Gasteiger partial charge in [-0.2, -0.15) is 16.9 Å². The van der Waals surface area contributed by atoms with E-state index in [4.69, 9.17) is 0 Å². The van der Waals surface area contributed by atoms with Crippen molar-refractivity contribution in [3.8, 4) is 0 Å². The van der Waals surface area contributed by atoms with Crippen LogP contribution in [0.25, 0.3) is 0 Å². The standard InChI is InChI=1S/C17H24N4S/c1-3-22-12-13-8-9-18-17(10-13)19-11-16-14-6-4-5-7-15(14)20-21(16)2/h8-10H,3-7,11-12H2,1-2H3,(H,18,19). The number of nitrogens with zero attached hydrogens (tertiary/aromatic N) is 3. The van der Waals surface area contributed by atoms with Crippen molar-refractivity contribution in [3.05, 3.63) is 40.8 Å². The van der Waals surface area contributed by atoms with Crippen LogP contribution in [0.3, 0.4) is 0 Å². The van der Waals surface area contributed by atoms with E-state index < -0.39 is 0 Å². The lowest BCUT2D eigenvalue weighted by Crippen LogP contribution is -2.09. The number of rotatable bonds is 6. The maximum Gasteiger partial charge on any atom is 0.126 e. The molecule has 0 spiro atoms. The summed E-state index contributed by atoms with van der Waals surface area (Å²) in [5.74, 6) is 3.15. The van der Waals surface area contributed by atoms with Crippen LogP contribution < -0.4 is 5.32 Å². The SMILES string of the molecule is CCSCc1ccnc(NCc2c3c(nn2C)CCCC3)c1. The summed E-state index contributed by atoms with van der Waals surface area (Å²) in [4.78, 5) is 4.44. The Morgan fingerprint density at radius 3 is 3.05 bits per heavy atom. The summed E-state index contributed by atoms with van der Waals surface area (Å²) in [7, 11) is 2.05. The van der Waals surface area contributed by atoms with Crippen LogP contribution in [0, 0.1) is 0 Å². The van der Waals surface area contributed by atoms with Crippen LogP contribution in [0.15, 0.2) is 18.3 Å². The van der Waals surface area contributed by atoms with E-state index in [1.165, 1.54) is 41.8 Å². The molecule has 0 bridgehead atoms. The van der Waals surface area contributed by atoms with Gasteiger partial charge < -0.3 is 5.32 Å². The van der Waals surface area contributed by atoms with Gasteiger partial charge in [0.05, 0.1) is 17.9 Å². The molecule has 2 aromatic rings. The topological polar surface area (TPSA) is 42.7 Å². The Morgan fingerprint density at radius 1 is 1.32 bits per heavy atom. The van der Waals surface area contributed by atoms with Gasteiger partial charge in [-0.05, 0) is 54.7 Å². The van der Waals surface area contributed by atoms with E-state index in [2.05, 4.69) is 41.5 Å². The maximum absolute atomic E-state index is 4.67. The largest absolute Gasteiger partial charge is 0.364 e. The lowest BCUT2D eigenvalue weighted by atomic mass is 9.96. The fraction of sp³-hybridized carbons (Fsp3) is 0.529. The second kappa shape index (κ2) is 7.18. The molecule has 2 heterocycles. The number of aromatic nitrogens is 3. The lowest BCUT2D eigenvalue weighted by Gasteiger charge is -2.12. The fourth-order valence-electron chi connectivity index (χ4n) is 3.02. The van der Waals surface area contributed by atoms with E-state index in [1.54, 1.807) is 0 Å². The van der Waals surface area contributed by atoms with E-state index >= 15 is 0 Å². The van der Waals surface area contributed by atoms with E-state index in [1.807, 2.05) is 22.6 Å². The van der Waals surface area contributed by atoms with E-state index in [0.29, 0.717) is 0 Å². The molecule has 0 fully saturated rings. The van der Waals surface area contributed by atoms with Crippen molar-refractivity contribution >= 4 is 17.6 Å². The minimum atomic E-state index is 0.802. The summed E-state index contributed by atoms with van der Waals surface area (Å²) in [6.07, 6.45) is 6.75. The molecule has 2 aromatic heterocycles. The van der Waals surface area contributed by atoms with Gasteiger partial charge in [0.1, 0.15) is 5.82 Å². The Morgan fingerprint density at radius 2 is 2.18 bits per heavy atom. The number of anilines is 1. The molecule has 0 atom stereocenters. The molecule has 0 aromatic carbocycles. The molecule has 1 aliphatic carbocycles. The van der Waals surface area contributed by atoms with Crippen molar-refractivity contribution in [1.29, 1.82) is 0 Å². The molecule has 5 heteroatoms. The molecular formula is C17H24N4S. The highest BCUT2D eigenvalue weighted by Crippen LogP contribution is 2.24. The zero-order valence-corrected chi connectivity index (χ0v) is 14.2. The Balaban J connectivity index is 1.69. The van der Waals surface area contributed by atoms with Gasteiger partial charge >= 0.3 is 0 Å². The van der Waals surface area contributed by atoms with Gasteiger partial charge in [0.25, 0.3) is 0 Å². The number of hydrogen-bond donors (Lipinski definition) is 1. The monoisotopic (exact) mass is 316 g/mol. The van der Waals surface area contributed by atoms with Crippen molar-refractivity contribution in [1.82, 2.24) is 14.8 Å². The molecule has 0 radical (unpaired) electrons. The Kier molecular flexibility index (Phi) is 5.03. The third-order valence-electron chi connectivity index (χ3n) is 4.18. The fourth-order valence-corrected chi connectivity index (χ4v) is 3.64. The average Bonchev–Trinajstić information content (AvgIpc) is 2.86. The van der Waals surface area contributed by atoms with Crippen LogP contribution in [0.1, 0.15) is 42.3 Å². The molecule has 22 heavy (non-hydrogen) atoms. The first-order chi connectivity index (χ1) is 10.8. The summed E-state index contributed by atoms with van der Waals surface area (Å²) in [6, 6.07) is 4.26. The van der Waals surface area contributed by atoms with Crippen molar-refractivity contribution < 1.29 is 0 Å². The molecule has 0 amide bonds. The minimum Gasteiger partial charge on any atom is -0.364 e. The molecule has 0 aliphatic heterocycles. The van der Waals surface area contributed by atoms with Crippen LogP contribution in [0.5, 0.6) is 0 Å². The van der Waals surface area contributed by atoms with Crippen LogP contribution >= 0.6 is 11.8 Å². The summed E-state index contributed by atoms with van der Waals surface area (Å²) in [6.45, 7) is 2.99. The molecule has 4 nitrogen and oxygen atoms in total. The average molecular weight is 316 g/mol. The number of fused-ring (bicyclic) bond motifs is 1. The summed E-state index contributed by atoms with van der Waals surface area (Å²) >= 11 is 1.94. The normalized spacial score (nSPS) is 13.9. The first-order valence-electron chi connectivity index (χ1n) is 8.08. The molecular weight excluding hydrogens is 292 g/mol. The summed E-state index contributed by atoms with van der Waals surface area (Å²) < 4.78 is 2.04. The maximum atomic E-state index is 4.67. The highest BCUT2D eigenvalue weighted by atomic mass is 32.2. The molecule has 3 rings (SSSR count). The Labute approximate surface area is 136 Å². The van der Waals surface area contributed by atoms with Gasteiger partial charge in [-0.25, -0.2) is 4.98 Å². The second-order valence-corrected chi connectivity index (χ2v) is 7.02. The van der Waals surface area contributed by atoms with Gasteiger partial charge in [0.2, 0.25) is 0 Å². The zero-order valence-electron chi connectivity index (χ0n) is 13.4. The molecule has 0 saturated heterocycles. The number of aryl methyl sites for hydroxylation is 2. The smallest absolute Gasteiger partial charge is 0.126 e. The second-order valence-electron chi connectivity index (χ2n) is 5.74. The van der Waals surface area contributed by atoms with Gasteiger partial charge in [-0.1, -0.05) is 6.92 Å². The first kappa shape index (κ1) is 15.4. The third-order valence-corrected chi connectivity index (χ3v) is 5.13. The summed E-state index contributed by atoms with van der Waals surface area (Å²) in [5.41, 5.74) is 5.40. The number of thioether (sulfide) groups is 1. The molecule has 1 aliphatic rings. The van der Waals surface area contributed by atoms with E-state index in [-0.39, 0.29) is 0 Å². The number of nitrogens with one attached hydrogen (secondary N) is 1. The summed E-state index contributed by atoms with van der Waals surface area (Å²) in [5, 5.41) is 8.15.